The fourth-order valence-corrected chi connectivity index (χ4v) is 3.41. The van der Waals surface area contributed by atoms with Crippen LogP contribution in [0.1, 0.15) is 24.9 Å². The normalized spacial score (nSPS) is 35.9. The van der Waals surface area contributed by atoms with Gasteiger partial charge < -0.3 is 20.1 Å². The summed E-state index contributed by atoms with van der Waals surface area (Å²) >= 11 is 0. The van der Waals surface area contributed by atoms with E-state index in [1.165, 1.54) is 11.9 Å². The maximum atomic E-state index is 14.4. The molecule has 0 spiro atoms. The standard InChI is InChI=1S/C16H21FN2O3/c1-9(10-6-4-3-5-7-10)18-12-8-11(17)13-15(14(12)20)22-16(21)19(13)2/h3-7,9,11-15,18,20H,8H2,1-2H3/t9-,11-,12-,13+,14+,15+/m1/s1. The van der Waals surface area contributed by atoms with Crippen LogP contribution in [0, 0.1) is 0 Å². The molecule has 6 heteroatoms. The van der Waals surface area contributed by atoms with Gasteiger partial charge in [0.1, 0.15) is 18.3 Å². The minimum absolute atomic E-state index is 0.0283. The monoisotopic (exact) mass is 308 g/mol. The summed E-state index contributed by atoms with van der Waals surface area (Å²) in [5.74, 6) is 0. The predicted octanol–water partition coefficient (Wildman–Crippen LogP) is 1.63. The van der Waals surface area contributed by atoms with Gasteiger partial charge in [0.15, 0.2) is 6.10 Å². The smallest absolute Gasteiger partial charge is 0.410 e. The zero-order chi connectivity index (χ0) is 15.9. The fraction of sp³-hybridized carbons (Fsp3) is 0.562. The number of alkyl halides is 1. The molecule has 1 amide bonds. The minimum atomic E-state index is -1.22. The van der Waals surface area contributed by atoms with Crippen molar-refractivity contribution >= 4 is 6.09 Å². The molecule has 3 rings (SSSR count). The van der Waals surface area contributed by atoms with Crippen molar-refractivity contribution in [3.05, 3.63) is 35.9 Å². The third kappa shape index (κ3) is 2.57. The number of fused-ring (bicyclic) bond motifs is 1. The number of aliphatic hydroxyl groups is 1. The van der Waals surface area contributed by atoms with Crippen LogP contribution in [-0.2, 0) is 4.74 Å². The molecule has 5 nitrogen and oxygen atoms in total. The summed E-state index contributed by atoms with van der Waals surface area (Å²) in [4.78, 5) is 12.8. The summed E-state index contributed by atoms with van der Waals surface area (Å²) in [5.41, 5.74) is 1.06. The lowest BCUT2D eigenvalue weighted by atomic mass is 9.84. The number of likely N-dealkylation sites (N-methyl/N-ethyl adjacent to an activating group) is 1. The van der Waals surface area contributed by atoms with Crippen LogP contribution in [-0.4, -0.2) is 53.6 Å². The first-order valence-corrected chi connectivity index (χ1v) is 7.55. The Hall–Kier alpha value is -1.66. The van der Waals surface area contributed by atoms with Crippen molar-refractivity contribution in [2.75, 3.05) is 7.05 Å². The van der Waals surface area contributed by atoms with Crippen LogP contribution in [0.2, 0.25) is 0 Å². The molecule has 1 aromatic carbocycles. The number of rotatable bonds is 3. The number of nitrogens with one attached hydrogen (secondary N) is 1. The highest BCUT2D eigenvalue weighted by Crippen LogP contribution is 2.34. The number of halogens is 1. The lowest BCUT2D eigenvalue weighted by Gasteiger charge is -2.39. The summed E-state index contributed by atoms with van der Waals surface area (Å²) in [6, 6.07) is 8.58. The molecule has 2 fully saturated rings. The molecule has 1 saturated heterocycles. The summed E-state index contributed by atoms with van der Waals surface area (Å²) in [7, 11) is 1.51. The first-order valence-electron chi connectivity index (χ1n) is 7.55. The van der Waals surface area contributed by atoms with E-state index in [4.69, 9.17) is 4.74 Å². The Bertz CT molecular complexity index is 541. The predicted molar refractivity (Wildman–Crippen MR) is 79.1 cm³/mol. The van der Waals surface area contributed by atoms with E-state index in [2.05, 4.69) is 5.32 Å². The number of nitrogens with zero attached hydrogens (tertiary/aromatic N) is 1. The van der Waals surface area contributed by atoms with Gasteiger partial charge in [-0.05, 0) is 18.9 Å². The van der Waals surface area contributed by atoms with Crippen molar-refractivity contribution in [1.82, 2.24) is 10.2 Å². The Kier molecular flexibility index (Phi) is 4.06. The van der Waals surface area contributed by atoms with Crippen molar-refractivity contribution in [1.29, 1.82) is 0 Å². The lowest BCUT2D eigenvalue weighted by Crippen LogP contribution is -2.60. The average molecular weight is 308 g/mol. The van der Waals surface area contributed by atoms with E-state index in [0.29, 0.717) is 0 Å². The van der Waals surface area contributed by atoms with Crippen LogP contribution < -0.4 is 5.32 Å². The molecule has 6 atom stereocenters. The number of carbonyl (C=O) groups is 1. The van der Waals surface area contributed by atoms with Crippen LogP contribution >= 0.6 is 0 Å². The third-order valence-corrected chi connectivity index (χ3v) is 4.67. The number of ether oxygens (including phenoxy) is 1. The maximum absolute atomic E-state index is 14.4. The summed E-state index contributed by atoms with van der Waals surface area (Å²) in [6.45, 7) is 1.97. The highest BCUT2D eigenvalue weighted by molar-refractivity contribution is 5.70. The largest absolute Gasteiger partial charge is 0.441 e. The quantitative estimate of drug-likeness (QED) is 0.891. The summed E-state index contributed by atoms with van der Waals surface area (Å²) in [5, 5.41) is 13.7. The van der Waals surface area contributed by atoms with Gasteiger partial charge in [-0.25, -0.2) is 9.18 Å². The lowest BCUT2D eigenvalue weighted by molar-refractivity contribution is -0.0544. The molecule has 1 saturated carbocycles. The highest BCUT2D eigenvalue weighted by atomic mass is 19.1. The second kappa shape index (κ2) is 5.85. The van der Waals surface area contributed by atoms with Gasteiger partial charge in [0.05, 0.1) is 0 Å². The van der Waals surface area contributed by atoms with Crippen molar-refractivity contribution in [2.24, 2.45) is 0 Å². The maximum Gasteiger partial charge on any atom is 0.410 e. The molecule has 0 bridgehead atoms. The average Bonchev–Trinajstić information content (AvgIpc) is 2.82. The van der Waals surface area contributed by atoms with Crippen molar-refractivity contribution in [3.8, 4) is 0 Å². The molecular formula is C16H21FN2O3. The van der Waals surface area contributed by atoms with Crippen LogP contribution in [0.3, 0.4) is 0 Å². The van der Waals surface area contributed by atoms with Gasteiger partial charge in [0.2, 0.25) is 0 Å². The second-order valence-corrected chi connectivity index (χ2v) is 6.10. The fourth-order valence-electron chi connectivity index (χ4n) is 3.41. The van der Waals surface area contributed by atoms with E-state index in [0.717, 1.165) is 5.56 Å². The van der Waals surface area contributed by atoms with Gasteiger partial charge in [-0.3, -0.25) is 0 Å². The number of amides is 1. The SMILES string of the molecule is C[C@@H](N[C@@H]1C[C@@H](F)[C@H]2[C@H](OC(=O)N2C)[C@H]1O)c1ccccc1. The highest BCUT2D eigenvalue weighted by Gasteiger charge is 2.54. The first-order chi connectivity index (χ1) is 10.5. The zero-order valence-corrected chi connectivity index (χ0v) is 12.6. The van der Waals surface area contributed by atoms with Crippen molar-refractivity contribution in [3.63, 3.8) is 0 Å². The molecule has 120 valence electrons. The van der Waals surface area contributed by atoms with Crippen molar-refractivity contribution < 1.29 is 19.0 Å². The number of benzene rings is 1. The Labute approximate surface area is 129 Å². The summed E-state index contributed by atoms with van der Waals surface area (Å²) in [6.07, 6.45) is -3.38. The molecule has 0 radical (unpaired) electrons. The second-order valence-electron chi connectivity index (χ2n) is 6.10. The Morgan fingerprint density at radius 2 is 2.09 bits per heavy atom. The number of aliphatic hydroxyl groups excluding tert-OH is 1. The topological polar surface area (TPSA) is 61.8 Å². The third-order valence-electron chi connectivity index (χ3n) is 4.67. The van der Waals surface area contributed by atoms with E-state index in [9.17, 15) is 14.3 Å². The molecule has 0 unspecified atom stereocenters. The number of hydrogen-bond acceptors (Lipinski definition) is 4. The molecule has 1 aromatic rings. The Balaban J connectivity index is 1.72. The molecular weight excluding hydrogens is 287 g/mol. The summed E-state index contributed by atoms with van der Waals surface area (Å²) < 4.78 is 19.5. The van der Waals surface area contributed by atoms with Crippen LogP contribution in [0.25, 0.3) is 0 Å². The molecule has 2 N–H and O–H groups in total. The van der Waals surface area contributed by atoms with Crippen molar-refractivity contribution in [2.45, 2.75) is 49.8 Å². The first kappa shape index (κ1) is 15.2. The number of hydrogen-bond donors (Lipinski definition) is 2. The van der Waals surface area contributed by atoms with Gasteiger partial charge in [0, 0.05) is 19.1 Å². The van der Waals surface area contributed by atoms with Crippen LogP contribution in [0.5, 0.6) is 0 Å². The molecule has 22 heavy (non-hydrogen) atoms. The van der Waals surface area contributed by atoms with E-state index < -0.39 is 36.6 Å². The Morgan fingerprint density at radius 1 is 1.41 bits per heavy atom. The molecule has 2 aliphatic rings. The molecule has 1 aliphatic carbocycles. The van der Waals surface area contributed by atoms with E-state index >= 15 is 0 Å². The van der Waals surface area contributed by atoms with Gasteiger partial charge >= 0.3 is 6.09 Å². The van der Waals surface area contributed by atoms with E-state index in [1.807, 2.05) is 37.3 Å². The van der Waals surface area contributed by atoms with Crippen LogP contribution in [0.15, 0.2) is 30.3 Å². The number of carbonyl (C=O) groups excluding carboxylic acids is 1. The molecule has 0 aromatic heterocycles. The van der Waals surface area contributed by atoms with Gasteiger partial charge in [-0.1, -0.05) is 30.3 Å². The van der Waals surface area contributed by atoms with Gasteiger partial charge in [-0.15, -0.1) is 0 Å². The van der Waals surface area contributed by atoms with Gasteiger partial charge in [0.25, 0.3) is 0 Å². The zero-order valence-electron chi connectivity index (χ0n) is 12.6. The van der Waals surface area contributed by atoms with E-state index in [1.54, 1.807) is 0 Å². The van der Waals surface area contributed by atoms with Crippen LogP contribution in [0.4, 0.5) is 9.18 Å². The molecule has 1 heterocycles. The minimum Gasteiger partial charge on any atom is -0.441 e. The van der Waals surface area contributed by atoms with E-state index in [-0.39, 0.29) is 12.5 Å². The Morgan fingerprint density at radius 3 is 2.77 bits per heavy atom. The molecule has 1 aliphatic heterocycles. The van der Waals surface area contributed by atoms with Gasteiger partial charge in [-0.2, -0.15) is 0 Å².